The van der Waals surface area contributed by atoms with Crippen molar-refractivity contribution in [2.45, 2.75) is 12.7 Å². The van der Waals surface area contributed by atoms with E-state index in [1.54, 1.807) is 16.2 Å². The molecule has 0 bridgehead atoms. The Balaban J connectivity index is 1.34. The van der Waals surface area contributed by atoms with E-state index < -0.39 is 11.7 Å². The largest absolute Gasteiger partial charge is 0.416 e. The number of hydrogen-bond donors (Lipinski definition) is 0. The molecule has 1 aromatic heterocycles. The van der Waals surface area contributed by atoms with Crippen molar-refractivity contribution < 1.29 is 18.0 Å². The normalized spacial score (nSPS) is 15.3. The predicted molar refractivity (Wildman–Crippen MR) is 115 cm³/mol. The third-order valence-corrected chi connectivity index (χ3v) is 6.32. The molecule has 2 aromatic carbocycles. The van der Waals surface area contributed by atoms with Gasteiger partial charge < -0.3 is 4.90 Å². The summed E-state index contributed by atoms with van der Waals surface area (Å²) in [6, 6.07) is 12.1. The molecule has 1 fully saturated rings. The number of carbonyl (C=O) groups is 1. The Morgan fingerprint density at radius 3 is 2.45 bits per heavy atom. The van der Waals surface area contributed by atoms with E-state index in [1.165, 1.54) is 12.1 Å². The molecule has 9 heteroatoms. The van der Waals surface area contributed by atoms with Crippen molar-refractivity contribution in [2.75, 3.05) is 26.2 Å². The Morgan fingerprint density at radius 1 is 1.06 bits per heavy atom. The van der Waals surface area contributed by atoms with Crippen molar-refractivity contribution in [3.8, 4) is 10.6 Å². The first-order valence-corrected chi connectivity index (χ1v) is 10.9. The summed E-state index contributed by atoms with van der Waals surface area (Å²) in [6.07, 6.45) is -4.46. The number of benzene rings is 2. The number of hydrogen-bond acceptors (Lipinski definition) is 4. The fraction of sp³-hybridized carbons (Fsp3) is 0.273. The van der Waals surface area contributed by atoms with Crippen LogP contribution in [0, 0.1) is 0 Å². The third-order valence-electron chi connectivity index (χ3n) is 5.12. The highest BCUT2D eigenvalue weighted by molar-refractivity contribution is 7.13. The maximum atomic E-state index is 12.9. The number of amides is 1. The zero-order valence-corrected chi connectivity index (χ0v) is 18.0. The molecule has 4 rings (SSSR count). The molecule has 0 N–H and O–H groups in total. The van der Waals surface area contributed by atoms with Crippen molar-refractivity contribution in [3.05, 3.63) is 75.8 Å². The highest BCUT2D eigenvalue weighted by Gasteiger charge is 2.31. The van der Waals surface area contributed by atoms with Gasteiger partial charge in [-0.2, -0.15) is 13.2 Å². The minimum atomic E-state index is -4.46. The quantitative estimate of drug-likeness (QED) is 0.514. The topological polar surface area (TPSA) is 36.4 Å². The fourth-order valence-electron chi connectivity index (χ4n) is 3.45. The van der Waals surface area contributed by atoms with Crippen molar-refractivity contribution in [1.29, 1.82) is 0 Å². The molecule has 1 aliphatic rings. The Kier molecular flexibility index (Phi) is 6.31. The minimum Gasteiger partial charge on any atom is -0.336 e. The number of halogens is 4. The molecular formula is C22H19ClF3N3OS. The van der Waals surface area contributed by atoms with Crippen LogP contribution in [0.1, 0.15) is 21.6 Å². The summed E-state index contributed by atoms with van der Waals surface area (Å²) in [6.45, 7) is 2.86. The van der Waals surface area contributed by atoms with Crippen molar-refractivity contribution in [2.24, 2.45) is 0 Å². The zero-order valence-electron chi connectivity index (χ0n) is 16.4. The SMILES string of the molecule is O=C(c1cccc(C(F)(F)F)c1)N1CCN(Cc2csc(-c3ccc(Cl)cc3)n2)CC1. The lowest BCUT2D eigenvalue weighted by Gasteiger charge is -2.34. The fourth-order valence-corrected chi connectivity index (χ4v) is 4.40. The van der Waals surface area contributed by atoms with Crippen molar-refractivity contribution >= 4 is 28.8 Å². The van der Waals surface area contributed by atoms with Crippen LogP contribution in [0.5, 0.6) is 0 Å². The second-order valence-electron chi connectivity index (χ2n) is 7.30. The second kappa shape index (κ2) is 8.98. The minimum absolute atomic E-state index is 0.0652. The third kappa shape index (κ3) is 5.26. The van der Waals surface area contributed by atoms with Crippen LogP contribution in [0.15, 0.2) is 53.9 Å². The predicted octanol–water partition coefficient (Wildman–Crippen LogP) is 5.44. The molecule has 3 aromatic rings. The molecule has 0 spiro atoms. The summed E-state index contributed by atoms with van der Waals surface area (Å²) < 4.78 is 38.8. The average Bonchev–Trinajstić information content (AvgIpc) is 3.22. The molecule has 0 radical (unpaired) electrons. The molecule has 1 amide bonds. The van der Waals surface area contributed by atoms with Gasteiger partial charge >= 0.3 is 6.18 Å². The lowest BCUT2D eigenvalue weighted by atomic mass is 10.1. The van der Waals surface area contributed by atoms with E-state index in [9.17, 15) is 18.0 Å². The molecule has 4 nitrogen and oxygen atoms in total. The molecule has 2 heterocycles. The molecule has 0 atom stereocenters. The first-order valence-electron chi connectivity index (χ1n) is 9.69. The first-order chi connectivity index (χ1) is 14.8. The lowest BCUT2D eigenvalue weighted by Crippen LogP contribution is -2.48. The van der Waals surface area contributed by atoms with Gasteiger partial charge in [-0.1, -0.05) is 29.8 Å². The van der Waals surface area contributed by atoms with E-state index in [1.807, 2.05) is 29.6 Å². The van der Waals surface area contributed by atoms with Crippen LogP contribution >= 0.6 is 22.9 Å². The molecule has 1 aliphatic heterocycles. The van der Waals surface area contributed by atoms with Gasteiger partial charge in [0, 0.05) is 54.3 Å². The van der Waals surface area contributed by atoms with E-state index in [0.717, 1.165) is 28.4 Å². The van der Waals surface area contributed by atoms with Crippen LogP contribution in [-0.4, -0.2) is 46.9 Å². The van der Waals surface area contributed by atoms with Gasteiger partial charge in [-0.05, 0) is 30.3 Å². The van der Waals surface area contributed by atoms with E-state index in [0.29, 0.717) is 37.7 Å². The zero-order chi connectivity index (χ0) is 22.0. The van der Waals surface area contributed by atoms with Crippen LogP contribution in [0.3, 0.4) is 0 Å². The number of alkyl halides is 3. The Bertz CT molecular complexity index is 1060. The monoisotopic (exact) mass is 465 g/mol. The van der Waals surface area contributed by atoms with E-state index >= 15 is 0 Å². The van der Waals surface area contributed by atoms with Gasteiger partial charge in [0.05, 0.1) is 11.3 Å². The van der Waals surface area contributed by atoms with Crippen LogP contribution in [0.25, 0.3) is 10.6 Å². The first kappa shape index (κ1) is 21.8. The Morgan fingerprint density at radius 2 is 1.77 bits per heavy atom. The van der Waals surface area contributed by atoms with Gasteiger partial charge in [-0.25, -0.2) is 4.98 Å². The second-order valence-corrected chi connectivity index (χ2v) is 8.59. The van der Waals surface area contributed by atoms with Crippen LogP contribution < -0.4 is 0 Å². The summed E-state index contributed by atoms with van der Waals surface area (Å²) in [7, 11) is 0. The number of thiazole rings is 1. The van der Waals surface area contributed by atoms with Crippen LogP contribution in [-0.2, 0) is 12.7 Å². The molecule has 162 valence electrons. The molecule has 0 unspecified atom stereocenters. The molecule has 31 heavy (non-hydrogen) atoms. The number of aromatic nitrogens is 1. The van der Waals surface area contributed by atoms with Crippen LogP contribution in [0.2, 0.25) is 5.02 Å². The maximum absolute atomic E-state index is 12.9. The number of nitrogens with zero attached hydrogens (tertiary/aromatic N) is 3. The summed E-state index contributed by atoms with van der Waals surface area (Å²) >= 11 is 7.50. The standard InChI is InChI=1S/C22H19ClF3N3OS/c23-18-6-4-15(5-7-18)20-27-19(14-31-20)13-28-8-10-29(11-9-28)21(30)16-2-1-3-17(12-16)22(24,25)26/h1-7,12,14H,8-11,13H2. The van der Waals surface area contributed by atoms with Gasteiger partial charge in [0.25, 0.3) is 5.91 Å². The van der Waals surface area contributed by atoms with Crippen LogP contribution in [0.4, 0.5) is 13.2 Å². The number of carbonyl (C=O) groups excluding carboxylic acids is 1. The summed E-state index contributed by atoms with van der Waals surface area (Å²) in [5.74, 6) is -0.371. The van der Waals surface area contributed by atoms with Gasteiger partial charge in [0.2, 0.25) is 0 Å². The van der Waals surface area contributed by atoms with Crippen molar-refractivity contribution in [3.63, 3.8) is 0 Å². The van der Waals surface area contributed by atoms with E-state index in [-0.39, 0.29) is 11.5 Å². The summed E-state index contributed by atoms with van der Waals surface area (Å²) in [5.41, 5.74) is 1.22. The molecule has 1 saturated heterocycles. The van der Waals surface area contributed by atoms with Gasteiger partial charge in [0.1, 0.15) is 5.01 Å². The van der Waals surface area contributed by atoms with E-state index in [2.05, 4.69) is 9.88 Å². The molecular weight excluding hydrogens is 447 g/mol. The highest BCUT2D eigenvalue weighted by Crippen LogP contribution is 2.30. The van der Waals surface area contributed by atoms with Gasteiger partial charge in [-0.15, -0.1) is 11.3 Å². The van der Waals surface area contributed by atoms with E-state index in [4.69, 9.17) is 11.6 Å². The lowest BCUT2D eigenvalue weighted by molar-refractivity contribution is -0.137. The Hall–Kier alpha value is -2.42. The van der Waals surface area contributed by atoms with Gasteiger partial charge in [-0.3, -0.25) is 9.69 Å². The number of piperazine rings is 1. The molecule has 0 aliphatic carbocycles. The highest BCUT2D eigenvalue weighted by atomic mass is 35.5. The molecule has 0 saturated carbocycles. The Labute approximate surface area is 186 Å². The smallest absolute Gasteiger partial charge is 0.336 e. The summed E-state index contributed by atoms with van der Waals surface area (Å²) in [5, 5.41) is 3.62. The maximum Gasteiger partial charge on any atom is 0.416 e. The average molecular weight is 466 g/mol. The number of rotatable bonds is 4. The van der Waals surface area contributed by atoms with Gasteiger partial charge in [0.15, 0.2) is 0 Å². The summed E-state index contributed by atoms with van der Waals surface area (Å²) in [4.78, 5) is 21.1. The van der Waals surface area contributed by atoms with Crippen molar-refractivity contribution in [1.82, 2.24) is 14.8 Å².